The van der Waals surface area contributed by atoms with Crippen molar-refractivity contribution >= 4 is 34.4 Å². The third-order valence-electron chi connectivity index (χ3n) is 6.52. The molecule has 2 aromatic rings. The summed E-state index contributed by atoms with van der Waals surface area (Å²) in [6.45, 7) is 6.01. The van der Waals surface area contributed by atoms with Gasteiger partial charge < -0.3 is 20.3 Å². The lowest BCUT2D eigenvalue weighted by atomic mass is 10.0. The summed E-state index contributed by atoms with van der Waals surface area (Å²) in [6.07, 6.45) is 13.7. The van der Waals surface area contributed by atoms with Gasteiger partial charge in [0.05, 0.1) is 12.0 Å². The highest BCUT2D eigenvalue weighted by Gasteiger charge is 2.18. The molecule has 0 unspecified atom stereocenters. The molecule has 0 saturated carbocycles. The van der Waals surface area contributed by atoms with Crippen LogP contribution in [0.3, 0.4) is 0 Å². The SMILES string of the molecule is CCCCCCCCCCCCOCCCNC(=O)c1cc(SCCC(=O)O)c2c(C)cccc2c1O. The van der Waals surface area contributed by atoms with Crippen LogP contribution in [0, 0.1) is 6.92 Å². The number of thioether (sulfide) groups is 1. The number of carbonyl (C=O) groups is 2. The number of benzene rings is 2. The van der Waals surface area contributed by atoms with E-state index < -0.39 is 5.97 Å². The third kappa shape index (κ3) is 11.3. The molecule has 0 aromatic heterocycles. The van der Waals surface area contributed by atoms with Crippen molar-refractivity contribution in [3.8, 4) is 5.75 Å². The molecule has 0 fully saturated rings. The van der Waals surface area contributed by atoms with E-state index in [1.54, 1.807) is 12.1 Å². The maximum atomic E-state index is 12.8. The Balaban J connectivity index is 1.71. The van der Waals surface area contributed by atoms with E-state index in [1.165, 1.54) is 69.5 Å². The van der Waals surface area contributed by atoms with Crippen molar-refractivity contribution in [2.75, 3.05) is 25.5 Å². The van der Waals surface area contributed by atoms with Crippen LogP contribution in [-0.4, -0.2) is 47.6 Å². The highest BCUT2D eigenvalue weighted by Crippen LogP contribution is 2.38. The molecule has 3 N–H and O–H groups in total. The Morgan fingerprint density at radius 3 is 2.27 bits per heavy atom. The van der Waals surface area contributed by atoms with Crippen LogP contribution in [0.25, 0.3) is 10.8 Å². The van der Waals surface area contributed by atoms with Crippen LogP contribution < -0.4 is 5.32 Å². The number of carbonyl (C=O) groups excluding carboxylic acids is 1. The largest absolute Gasteiger partial charge is 0.506 e. The Labute approximate surface area is 226 Å². The van der Waals surface area contributed by atoms with Crippen molar-refractivity contribution in [3.05, 3.63) is 35.4 Å². The summed E-state index contributed by atoms with van der Waals surface area (Å²) in [5.74, 6) is -0.853. The van der Waals surface area contributed by atoms with E-state index in [4.69, 9.17) is 9.84 Å². The summed E-state index contributed by atoms with van der Waals surface area (Å²) in [4.78, 5) is 24.6. The lowest BCUT2D eigenvalue weighted by Gasteiger charge is -2.14. The van der Waals surface area contributed by atoms with Crippen LogP contribution in [0.4, 0.5) is 0 Å². The van der Waals surface area contributed by atoms with Gasteiger partial charge in [0, 0.05) is 41.2 Å². The van der Waals surface area contributed by atoms with Gasteiger partial charge in [0.15, 0.2) is 0 Å². The van der Waals surface area contributed by atoms with E-state index in [2.05, 4.69) is 12.2 Å². The number of aryl methyl sites for hydroxylation is 1. The number of fused-ring (bicyclic) bond motifs is 1. The zero-order valence-corrected chi connectivity index (χ0v) is 23.5. The van der Waals surface area contributed by atoms with Crippen LogP contribution in [-0.2, 0) is 9.53 Å². The van der Waals surface area contributed by atoms with Crippen molar-refractivity contribution < 1.29 is 24.5 Å². The van der Waals surface area contributed by atoms with Crippen LogP contribution in [0.15, 0.2) is 29.2 Å². The van der Waals surface area contributed by atoms with E-state index in [9.17, 15) is 14.7 Å². The number of ether oxygens (including phenoxy) is 1. The topological polar surface area (TPSA) is 95.9 Å². The van der Waals surface area contributed by atoms with Gasteiger partial charge in [-0.2, -0.15) is 0 Å². The minimum Gasteiger partial charge on any atom is -0.506 e. The minimum atomic E-state index is -0.861. The molecule has 0 radical (unpaired) electrons. The second-order valence-corrected chi connectivity index (χ2v) is 10.8. The maximum absolute atomic E-state index is 12.8. The number of nitrogens with one attached hydrogen (secondary N) is 1. The average molecular weight is 532 g/mol. The zero-order valence-electron chi connectivity index (χ0n) is 22.7. The molecule has 1 amide bonds. The molecule has 0 saturated heterocycles. The molecule has 0 bridgehead atoms. The fraction of sp³-hybridized carbons (Fsp3) is 0.600. The standard InChI is InChI=1S/C30H45NO5S/c1-3-4-5-6-7-8-9-10-11-12-19-36-20-14-18-31-30(35)25-22-26(37-21-17-27(32)33)28-23(2)15-13-16-24(28)29(25)34/h13,15-16,22,34H,3-12,14,17-21H2,1-2H3,(H,31,35)(H,32,33). The summed E-state index contributed by atoms with van der Waals surface area (Å²) >= 11 is 1.39. The van der Waals surface area contributed by atoms with E-state index in [-0.39, 0.29) is 23.6 Å². The first-order valence-corrected chi connectivity index (χ1v) is 14.9. The van der Waals surface area contributed by atoms with Crippen LogP contribution in [0.2, 0.25) is 0 Å². The predicted molar refractivity (Wildman–Crippen MR) is 153 cm³/mol. The second-order valence-electron chi connectivity index (χ2n) is 9.66. The molecule has 7 heteroatoms. The fourth-order valence-corrected chi connectivity index (χ4v) is 5.52. The minimum absolute atomic E-state index is 0.0274. The zero-order chi connectivity index (χ0) is 26.9. The molecule has 37 heavy (non-hydrogen) atoms. The number of unbranched alkanes of at least 4 members (excludes halogenated alkanes) is 9. The number of phenols is 1. The molecule has 2 rings (SSSR count). The number of carboxylic acid groups (broad SMARTS) is 1. The highest BCUT2D eigenvalue weighted by atomic mass is 32.2. The van der Waals surface area contributed by atoms with Gasteiger partial charge in [0.2, 0.25) is 0 Å². The quantitative estimate of drug-likeness (QED) is 0.121. The summed E-state index contributed by atoms with van der Waals surface area (Å²) in [7, 11) is 0. The first-order chi connectivity index (χ1) is 18.0. The normalized spacial score (nSPS) is 11.2. The van der Waals surface area contributed by atoms with Crippen molar-refractivity contribution in [3.63, 3.8) is 0 Å². The number of carboxylic acids is 1. The van der Waals surface area contributed by atoms with E-state index in [1.807, 2.05) is 19.1 Å². The van der Waals surface area contributed by atoms with Gasteiger partial charge in [-0.05, 0) is 31.4 Å². The molecule has 0 aliphatic heterocycles. The third-order valence-corrected chi connectivity index (χ3v) is 7.56. The summed E-state index contributed by atoms with van der Waals surface area (Å²) in [5, 5.41) is 24.1. The number of aromatic hydroxyl groups is 1. The highest BCUT2D eigenvalue weighted by molar-refractivity contribution is 7.99. The molecule has 0 aliphatic rings. The molecular formula is C30H45NO5S. The lowest BCUT2D eigenvalue weighted by molar-refractivity contribution is -0.136. The molecule has 0 heterocycles. The molecule has 2 aromatic carbocycles. The van der Waals surface area contributed by atoms with Gasteiger partial charge in [0.25, 0.3) is 5.91 Å². The second kappa shape index (κ2) is 18.1. The predicted octanol–water partition coefficient (Wildman–Crippen LogP) is 7.48. The fourth-order valence-electron chi connectivity index (χ4n) is 4.41. The van der Waals surface area contributed by atoms with Gasteiger partial charge in [-0.1, -0.05) is 82.9 Å². The van der Waals surface area contributed by atoms with Gasteiger partial charge in [-0.25, -0.2) is 0 Å². The molecule has 6 nitrogen and oxygen atoms in total. The van der Waals surface area contributed by atoms with Crippen LogP contribution in [0.1, 0.15) is 99.9 Å². The number of rotatable bonds is 20. The Bertz CT molecular complexity index is 978. The van der Waals surface area contributed by atoms with Crippen molar-refractivity contribution in [1.29, 1.82) is 0 Å². The lowest BCUT2D eigenvalue weighted by Crippen LogP contribution is -2.25. The van der Waals surface area contributed by atoms with Crippen molar-refractivity contribution in [1.82, 2.24) is 5.32 Å². The molecule has 0 atom stereocenters. The Hall–Kier alpha value is -2.25. The molecule has 0 aliphatic carbocycles. The van der Waals surface area contributed by atoms with Crippen LogP contribution in [0.5, 0.6) is 5.75 Å². The monoisotopic (exact) mass is 531 g/mol. The van der Waals surface area contributed by atoms with E-state index in [0.29, 0.717) is 30.7 Å². The Morgan fingerprint density at radius 2 is 1.59 bits per heavy atom. The first kappa shape index (κ1) is 31.0. The maximum Gasteiger partial charge on any atom is 0.304 e. The van der Waals surface area contributed by atoms with Gasteiger partial charge in [0.1, 0.15) is 5.75 Å². The van der Waals surface area contributed by atoms with Gasteiger partial charge in [-0.15, -0.1) is 11.8 Å². The summed E-state index contributed by atoms with van der Waals surface area (Å²) < 4.78 is 5.72. The van der Waals surface area contributed by atoms with Crippen molar-refractivity contribution in [2.24, 2.45) is 0 Å². The number of hydrogen-bond acceptors (Lipinski definition) is 5. The first-order valence-electron chi connectivity index (χ1n) is 13.9. The summed E-state index contributed by atoms with van der Waals surface area (Å²) in [6, 6.07) is 7.25. The van der Waals surface area contributed by atoms with Gasteiger partial charge >= 0.3 is 5.97 Å². The number of hydrogen-bond donors (Lipinski definition) is 3. The number of amides is 1. The smallest absolute Gasteiger partial charge is 0.304 e. The van der Waals surface area contributed by atoms with E-state index in [0.717, 1.165) is 28.9 Å². The van der Waals surface area contributed by atoms with E-state index >= 15 is 0 Å². The van der Waals surface area contributed by atoms with Crippen LogP contribution >= 0.6 is 11.8 Å². The Kier molecular flexibility index (Phi) is 15.1. The number of aliphatic carboxylic acids is 1. The van der Waals surface area contributed by atoms with Crippen molar-refractivity contribution in [2.45, 2.75) is 95.8 Å². The van der Waals surface area contributed by atoms with Gasteiger partial charge in [-0.3, -0.25) is 9.59 Å². The molecular weight excluding hydrogens is 486 g/mol. The molecule has 0 spiro atoms. The summed E-state index contributed by atoms with van der Waals surface area (Å²) in [5.41, 5.74) is 1.18. The Morgan fingerprint density at radius 1 is 0.946 bits per heavy atom. The number of phenolic OH excluding ortho intramolecular Hbond substituents is 1. The molecule has 206 valence electrons. The average Bonchev–Trinajstić information content (AvgIpc) is 2.87.